The maximum atomic E-state index is 13.5. The summed E-state index contributed by atoms with van der Waals surface area (Å²) in [5, 5.41) is 6.56. The first-order valence-corrected chi connectivity index (χ1v) is 9.84. The highest BCUT2D eigenvalue weighted by molar-refractivity contribution is 14.0. The molecule has 0 bridgehead atoms. The molecule has 1 aromatic rings. The maximum absolute atomic E-state index is 13.5. The summed E-state index contributed by atoms with van der Waals surface area (Å²) in [4.78, 5) is 4.55. The van der Waals surface area contributed by atoms with Crippen LogP contribution < -0.4 is 10.6 Å². The highest BCUT2D eigenvalue weighted by Gasteiger charge is 2.01. The van der Waals surface area contributed by atoms with Crippen LogP contribution in [0.3, 0.4) is 0 Å². The third-order valence-electron chi connectivity index (χ3n) is 3.27. The van der Waals surface area contributed by atoms with E-state index in [9.17, 15) is 4.39 Å². The molecule has 2 N–H and O–H groups in total. The van der Waals surface area contributed by atoms with Crippen LogP contribution in [0, 0.1) is 5.82 Å². The van der Waals surface area contributed by atoms with Gasteiger partial charge in [-0.3, -0.25) is 4.99 Å². The Balaban J connectivity index is 0.00000576. The summed E-state index contributed by atoms with van der Waals surface area (Å²) in [6.45, 7) is 8.09. The van der Waals surface area contributed by atoms with Gasteiger partial charge in [-0.2, -0.15) is 11.8 Å². The van der Waals surface area contributed by atoms with Gasteiger partial charge in [0.1, 0.15) is 5.82 Å². The van der Waals surface area contributed by atoms with Gasteiger partial charge < -0.3 is 15.4 Å². The van der Waals surface area contributed by atoms with Gasteiger partial charge in [0.2, 0.25) is 0 Å². The van der Waals surface area contributed by atoms with E-state index >= 15 is 0 Å². The van der Waals surface area contributed by atoms with Gasteiger partial charge in [0.15, 0.2) is 5.96 Å². The summed E-state index contributed by atoms with van der Waals surface area (Å²) >= 11 is 1.72. The van der Waals surface area contributed by atoms with Gasteiger partial charge in [0, 0.05) is 44.4 Å². The lowest BCUT2D eigenvalue weighted by Gasteiger charge is -2.11. The third-order valence-corrected chi connectivity index (χ3v) is 4.28. The summed E-state index contributed by atoms with van der Waals surface area (Å²) in [7, 11) is 0. The van der Waals surface area contributed by atoms with E-state index < -0.39 is 0 Å². The van der Waals surface area contributed by atoms with Crippen molar-refractivity contribution in [3.05, 3.63) is 35.6 Å². The van der Waals surface area contributed by atoms with Crippen molar-refractivity contribution in [3.8, 4) is 0 Å². The molecule has 0 aliphatic carbocycles. The summed E-state index contributed by atoms with van der Waals surface area (Å²) in [5.74, 6) is 2.32. The number of aliphatic imine (C=N–C) groups is 1. The van der Waals surface area contributed by atoms with Crippen LogP contribution in [0.1, 0.15) is 32.3 Å². The monoisotopic (exact) mass is 483 g/mol. The molecule has 1 rings (SSSR count). The fraction of sp³-hybridized carbons (Fsp3) is 0.611. The molecule has 0 spiro atoms. The van der Waals surface area contributed by atoms with Crippen LogP contribution in [0.25, 0.3) is 0 Å². The first-order valence-electron chi connectivity index (χ1n) is 8.69. The number of benzene rings is 1. The van der Waals surface area contributed by atoms with E-state index in [0.29, 0.717) is 5.75 Å². The quantitative estimate of drug-likeness (QED) is 0.204. The average molecular weight is 483 g/mol. The molecule has 4 nitrogen and oxygen atoms in total. The molecular formula is C18H31FIN3OS. The summed E-state index contributed by atoms with van der Waals surface area (Å²) in [6.07, 6.45) is 2.06. The van der Waals surface area contributed by atoms with Crippen molar-refractivity contribution in [2.45, 2.75) is 32.4 Å². The molecule has 0 aliphatic heterocycles. The van der Waals surface area contributed by atoms with E-state index in [0.717, 1.165) is 63.0 Å². The maximum Gasteiger partial charge on any atom is 0.191 e. The molecule has 0 saturated carbocycles. The minimum Gasteiger partial charge on any atom is -0.382 e. The largest absolute Gasteiger partial charge is 0.382 e. The van der Waals surface area contributed by atoms with Crippen molar-refractivity contribution < 1.29 is 9.13 Å². The number of nitrogens with zero attached hydrogens (tertiary/aromatic N) is 1. The van der Waals surface area contributed by atoms with E-state index in [1.54, 1.807) is 17.8 Å². The number of halogens is 2. The molecule has 0 saturated heterocycles. The molecule has 0 aliphatic rings. The van der Waals surface area contributed by atoms with Gasteiger partial charge in [-0.15, -0.1) is 24.0 Å². The van der Waals surface area contributed by atoms with Crippen LogP contribution in [0.15, 0.2) is 29.3 Å². The number of rotatable bonds is 12. The molecule has 0 aromatic heterocycles. The second-order valence-corrected chi connectivity index (χ2v) is 6.34. The van der Waals surface area contributed by atoms with Crippen LogP contribution in [0.2, 0.25) is 0 Å². The zero-order valence-corrected chi connectivity index (χ0v) is 18.4. The number of nitrogens with one attached hydrogen (secondary N) is 2. The summed E-state index contributed by atoms with van der Waals surface area (Å²) in [5.41, 5.74) is 0.761. The van der Waals surface area contributed by atoms with E-state index in [-0.39, 0.29) is 29.8 Å². The Morgan fingerprint density at radius 3 is 2.72 bits per heavy atom. The fourth-order valence-corrected chi connectivity index (χ4v) is 2.88. The first-order chi connectivity index (χ1) is 11.8. The van der Waals surface area contributed by atoms with Crippen LogP contribution >= 0.6 is 35.7 Å². The van der Waals surface area contributed by atoms with E-state index in [1.165, 1.54) is 6.07 Å². The van der Waals surface area contributed by atoms with Gasteiger partial charge in [0.05, 0.1) is 0 Å². The average Bonchev–Trinajstić information content (AvgIpc) is 2.59. The molecule has 144 valence electrons. The predicted molar refractivity (Wildman–Crippen MR) is 118 cm³/mol. The van der Waals surface area contributed by atoms with Gasteiger partial charge in [-0.25, -0.2) is 4.39 Å². The Hall–Kier alpha value is -0.540. The molecule has 0 radical (unpaired) electrons. The number of unbranched alkanes of at least 4 members (excludes halogenated alkanes) is 1. The van der Waals surface area contributed by atoms with Crippen molar-refractivity contribution in [3.63, 3.8) is 0 Å². The van der Waals surface area contributed by atoms with E-state index in [1.807, 2.05) is 19.1 Å². The SMILES string of the molecule is CCNC(=NCCCCOCC)NCCSCc1ccccc1F.I. The summed E-state index contributed by atoms with van der Waals surface area (Å²) < 4.78 is 18.8. The Morgan fingerprint density at radius 2 is 2.00 bits per heavy atom. The molecule has 7 heteroatoms. The van der Waals surface area contributed by atoms with Gasteiger partial charge in [0.25, 0.3) is 0 Å². The first kappa shape index (κ1) is 24.5. The van der Waals surface area contributed by atoms with Crippen LogP contribution in [-0.4, -0.2) is 44.6 Å². The van der Waals surface area contributed by atoms with E-state index in [2.05, 4.69) is 22.5 Å². The minimum atomic E-state index is -0.125. The summed E-state index contributed by atoms with van der Waals surface area (Å²) in [6, 6.07) is 6.94. The molecule has 0 atom stereocenters. The van der Waals surface area contributed by atoms with Crippen LogP contribution in [-0.2, 0) is 10.5 Å². The standard InChI is InChI=1S/C18H30FN3OS.HI/c1-3-20-18(21-11-7-8-13-23-4-2)22-12-14-24-15-16-9-5-6-10-17(16)19;/h5-6,9-10H,3-4,7-8,11-15H2,1-2H3,(H2,20,21,22);1H. The van der Waals surface area contributed by atoms with Crippen molar-refractivity contribution >= 4 is 41.7 Å². The normalized spacial score (nSPS) is 11.1. The zero-order chi connectivity index (χ0) is 17.5. The number of hydrogen-bond acceptors (Lipinski definition) is 3. The highest BCUT2D eigenvalue weighted by Crippen LogP contribution is 2.14. The van der Waals surface area contributed by atoms with Crippen molar-refractivity contribution in [2.24, 2.45) is 4.99 Å². The second kappa shape index (κ2) is 16.9. The van der Waals surface area contributed by atoms with Crippen molar-refractivity contribution in [2.75, 3.05) is 38.6 Å². The van der Waals surface area contributed by atoms with Crippen LogP contribution in [0.4, 0.5) is 4.39 Å². The molecule has 1 aromatic carbocycles. The Labute approximate surface area is 172 Å². The number of hydrogen-bond donors (Lipinski definition) is 2. The number of guanidine groups is 1. The Morgan fingerprint density at radius 1 is 1.20 bits per heavy atom. The van der Waals surface area contributed by atoms with Crippen molar-refractivity contribution in [1.82, 2.24) is 10.6 Å². The lowest BCUT2D eigenvalue weighted by molar-refractivity contribution is 0.144. The lowest BCUT2D eigenvalue weighted by Crippen LogP contribution is -2.38. The Bertz CT molecular complexity index is 477. The topological polar surface area (TPSA) is 45.7 Å². The molecule has 0 fully saturated rings. The van der Waals surface area contributed by atoms with Crippen LogP contribution in [0.5, 0.6) is 0 Å². The number of thioether (sulfide) groups is 1. The molecule has 0 unspecified atom stereocenters. The van der Waals surface area contributed by atoms with Gasteiger partial charge in [-0.05, 0) is 38.3 Å². The van der Waals surface area contributed by atoms with E-state index in [4.69, 9.17) is 4.74 Å². The van der Waals surface area contributed by atoms with Gasteiger partial charge in [-0.1, -0.05) is 18.2 Å². The third kappa shape index (κ3) is 12.4. The lowest BCUT2D eigenvalue weighted by atomic mass is 10.2. The molecule has 0 heterocycles. The fourth-order valence-electron chi connectivity index (χ4n) is 2.03. The Kier molecular flexibility index (Phi) is 16.5. The van der Waals surface area contributed by atoms with Gasteiger partial charge >= 0.3 is 0 Å². The smallest absolute Gasteiger partial charge is 0.191 e. The number of ether oxygens (including phenoxy) is 1. The zero-order valence-electron chi connectivity index (χ0n) is 15.2. The second-order valence-electron chi connectivity index (χ2n) is 5.24. The van der Waals surface area contributed by atoms with Crippen molar-refractivity contribution in [1.29, 1.82) is 0 Å². The minimum absolute atomic E-state index is 0. The molecule has 25 heavy (non-hydrogen) atoms. The molecule has 0 amide bonds. The molecular weight excluding hydrogens is 452 g/mol. The predicted octanol–water partition coefficient (Wildman–Crippen LogP) is 4.05. The highest BCUT2D eigenvalue weighted by atomic mass is 127.